The molecule has 3 heteroatoms. The topological polar surface area (TPSA) is 20.2 Å². The van der Waals surface area contributed by atoms with Crippen molar-refractivity contribution in [3.05, 3.63) is 36.0 Å². The third-order valence-electron chi connectivity index (χ3n) is 3.22. The molecule has 0 fully saturated rings. The molecule has 0 aliphatic rings. The van der Waals surface area contributed by atoms with Crippen LogP contribution in [0.1, 0.15) is 12.0 Å². The summed E-state index contributed by atoms with van der Waals surface area (Å²) in [7, 11) is 6.23. The first-order chi connectivity index (χ1) is 8.70. The average Bonchev–Trinajstić information content (AvgIpc) is 2.72. The summed E-state index contributed by atoms with van der Waals surface area (Å²) in [6, 6.07) is 8.91. The lowest BCUT2D eigenvalue weighted by Crippen LogP contribution is -2.14. The number of hydrogen-bond acceptors (Lipinski definition) is 2. The van der Waals surface area contributed by atoms with E-state index in [9.17, 15) is 0 Å². The molecule has 0 aliphatic carbocycles. The van der Waals surface area contributed by atoms with Gasteiger partial charge in [-0.25, -0.2) is 0 Å². The highest BCUT2D eigenvalue weighted by atomic mass is 15.1. The van der Waals surface area contributed by atoms with Gasteiger partial charge in [0.25, 0.3) is 0 Å². The average molecular weight is 245 g/mol. The van der Waals surface area contributed by atoms with Crippen molar-refractivity contribution in [3.8, 4) is 0 Å². The molecule has 1 heterocycles. The lowest BCUT2D eigenvalue weighted by molar-refractivity contribution is 0.388. The quantitative estimate of drug-likeness (QED) is 0.843. The standard InChI is InChI=1S/C15H23N3/c1-16-12-13-5-6-14-7-10-18(15(14)11-13)9-4-8-17(2)3/h5-7,10-11,16H,4,8-9,12H2,1-3H3. The van der Waals surface area contributed by atoms with Gasteiger partial charge in [-0.05, 0) is 57.2 Å². The van der Waals surface area contributed by atoms with E-state index in [0.717, 1.165) is 19.6 Å². The fourth-order valence-electron chi connectivity index (χ4n) is 2.30. The zero-order valence-electron chi connectivity index (χ0n) is 11.6. The van der Waals surface area contributed by atoms with Gasteiger partial charge >= 0.3 is 0 Å². The van der Waals surface area contributed by atoms with Crippen LogP contribution in [0.5, 0.6) is 0 Å². The van der Waals surface area contributed by atoms with E-state index in [-0.39, 0.29) is 0 Å². The summed E-state index contributed by atoms with van der Waals surface area (Å²) >= 11 is 0. The van der Waals surface area contributed by atoms with Crippen molar-refractivity contribution in [3.63, 3.8) is 0 Å². The molecule has 2 aromatic rings. The van der Waals surface area contributed by atoms with Gasteiger partial charge in [0.05, 0.1) is 0 Å². The number of rotatable bonds is 6. The Kier molecular flexibility index (Phi) is 4.39. The molecular formula is C15H23N3. The Morgan fingerprint density at radius 1 is 1.22 bits per heavy atom. The van der Waals surface area contributed by atoms with Gasteiger partial charge < -0.3 is 14.8 Å². The van der Waals surface area contributed by atoms with Crippen LogP contribution < -0.4 is 5.32 Å². The van der Waals surface area contributed by atoms with Gasteiger partial charge in [0.1, 0.15) is 0 Å². The SMILES string of the molecule is CNCc1ccc2ccn(CCCN(C)C)c2c1. The fourth-order valence-corrected chi connectivity index (χ4v) is 2.30. The van der Waals surface area contributed by atoms with Gasteiger partial charge in [0, 0.05) is 24.8 Å². The first-order valence-corrected chi connectivity index (χ1v) is 6.58. The monoisotopic (exact) mass is 245 g/mol. The van der Waals surface area contributed by atoms with Gasteiger partial charge in [0.2, 0.25) is 0 Å². The molecule has 1 aromatic heterocycles. The zero-order valence-corrected chi connectivity index (χ0v) is 11.6. The number of nitrogens with zero attached hydrogens (tertiary/aromatic N) is 2. The molecule has 0 saturated carbocycles. The first-order valence-electron chi connectivity index (χ1n) is 6.58. The van der Waals surface area contributed by atoms with Crippen LogP contribution in [0.2, 0.25) is 0 Å². The molecule has 2 rings (SSSR count). The predicted octanol–water partition coefficient (Wildman–Crippen LogP) is 2.31. The van der Waals surface area contributed by atoms with Crippen molar-refractivity contribution in [1.82, 2.24) is 14.8 Å². The third kappa shape index (κ3) is 3.12. The molecule has 0 amide bonds. The molecule has 0 saturated heterocycles. The smallest absolute Gasteiger partial charge is 0.0483 e. The maximum absolute atomic E-state index is 3.20. The van der Waals surface area contributed by atoms with Crippen molar-refractivity contribution in [2.24, 2.45) is 0 Å². The molecule has 18 heavy (non-hydrogen) atoms. The maximum atomic E-state index is 3.20. The summed E-state index contributed by atoms with van der Waals surface area (Å²) in [5.74, 6) is 0. The van der Waals surface area contributed by atoms with Crippen LogP contribution in [-0.2, 0) is 13.1 Å². The second-order valence-corrected chi connectivity index (χ2v) is 5.09. The number of aromatic nitrogens is 1. The fraction of sp³-hybridized carbons (Fsp3) is 0.467. The summed E-state index contributed by atoms with van der Waals surface area (Å²) < 4.78 is 2.36. The van der Waals surface area contributed by atoms with E-state index in [0.29, 0.717) is 0 Å². The second-order valence-electron chi connectivity index (χ2n) is 5.09. The molecule has 0 unspecified atom stereocenters. The molecule has 98 valence electrons. The van der Waals surface area contributed by atoms with Crippen molar-refractivity contribution in [2.75, 3.05) is 27.7 Å². The van der Waals surface area contributed by atoms with E-state index in [4.69, 9.17) is 0 Å². The Balaban J connectivity index is 2.14. The van der Waals surface area contributed by atoms with Crippen molar-refractivity contribution >= 4 is 10.9 Å². The summed E-state index contributed by atoms with van der Waals surface area (Å²) in [4.78, 5) is 2.23. The summed E-state index contributed by atoms with van der Waals surface area (Å²) in [5, 5.41) is 4.54. The summed E-state index contributed by atoms with van der Waals surface area (Å²) in [6.45, 7) is 3.15. The van der Waals surface area contributed by atoms with Gasteiger partial charge in [-0.15, -0.1) is 0 Å². The van der Waals surface area contributed by atoms with Gasteiger partial charge in [-0.2, -0.15) is 0 Å². The van der Waals surface area contributed by atoms with E-state index < -0.39 is 0 Å². The molecular weight excluding hydrogens is 222 g/mol. The van der Waals surface area contributed by atoms with Crippen LogP contribution in [0.25, 0.3) is 10.9 Å². The van der Waals surface area contributed by atoms with E-state index in [1.54, 1.807) is 0 Å². The number of aryl methyl sites for hydroxylation is 1. The summed E-state index contributed by atoms with van der Waals surface area (Å²) in [5.41, 5.74) is 2.69. The Bertz CT molecular complexity index is 499. The molecule has 1 N–H and O–H groups in total. The van der Waals surface area contributed by atoms with Crippen LogP contribution >= 0.6 is 0 Å². The van der Waals surface area contributed by atoms with Crippen LogP contribution in [0.15, 0.2) is 30.5 Å². The van der Waals surface area contributed by atoms with Gasteiger partial charge in [0.15, 0.2) is 0 Å². The third-order valence-corrected chi connectivity index (χ3v) is 3.22. The molecule has 0 spiro atoms. The Morgan fingerprint density at radius 3 is 2.78 bits per heavy atom. The molecule has 1 aromatic carbocycles. The zero-order chi connectivity index (χ0) is 13.0. The minimum absolute atomic E-state index is 0.929. The van der Waals surface area contributed by atoms with Crippen molar-refractivity contribution in [2.45, 2.75) is 19.5 Å². The molecule has 0 radical (unpaired) electrons. The normalized spacial score (nSPS) is 11.6. The number of nitrogens with one attached hydrogen (secondary N) is 1. The van der Waals surface area contributed by atoms with Gasteiger partial charge in [-0.1, -0.05) is 12.1 Å². The van der Waals surface area contributed by atoms with Crippen molar-refractivity contribution in [1.29, 1.82) is 0 Å². The number of benzene rings is 1. The Labute approximate surface area is 109 Å². The van der Waals surface area contributed by atoms with Gasteiger partial charge in [-0.3, -0.25) is 0 Å². The van der Waals surface area contributed by atoms with Crippen LogP contribution in [-0.4, -0.2) is 37.2 Å². The van der Waals surface area contributed by atoms with Crippen molar-refractivity contribution < 1.29 is 0 Å². The molecule has 0 atom stereocenters. The molecule has 0 bridgehead atoms. The van der Waals surface area contributed by atoms with Crippen LogP contribution in [0.4, 0.5) is 0 Å². The minimum Gasteiger partial charge on any atom is -0.347 e. The van der Waals surface area contributed by atoms with E-state index >= 15 is 0 Å². The summed E-state index contributed by atoms with van der Waals surface area (Å²) in [6.07, 6.45) is 3.39. The maximum Gasteiger partial charge on any atom is 0.0483 e. The lowest BCUT2D eigenvalue weighted by atomic mass is 10.1. The highest BCUT2D eigenvalue weighted by Gasteiger charge is 2.02. The van der Waals surface area contributed by atoms with E-state index in [2.05, 4.69) is 59.3 Å². The minimum atomic E-state index is 0.929. The lowest BCUT2D eigenvalue weighted by Gasteiger charge is -2.11. The van der Waals surface area contributed by atoms with E-state index in [1.165, 1.54) is 22.9 Å². The first kappa shape index (κ1) is 13.1. The highest BCUT2D eigenvalue weighted by Crippen LogP contribution is 2.18. The molecule has 0 aliphatic heterocycles. The second kappa shape index (κ2) is 6.03. The Hall–Kier alpha value is -1.32. The highest BCUT2D eigenvalue weighted by molar-refractivity contribution is 5.80. The number of hydrogen-bond donors (Lipinski definition) is 1. The Morgan fingerprint density at radius 2 is 2.06 bits per heavy atom. The number of fused-ring (bicyclic) bond motifs is 1. The largest absolute Gasteiger partial charge is 0.347 e. The van der Waals surface area contributed by atoms with Crippen LogP contribution in [0.3, 0.4) is 0 Å². The van der Waals surface area contributed by atoms with E-state index in [1.807, 2.05) is 7.05 Å². The van der Waals surface area contributed by atoms with Crippen LogP contribution in [0, 0.1) is 0 Å². The predicted molar refractivity (Wildman–Crippen MR) is 77.9 cm³/mol. The molecule has 3 nitrogen and oxygen atoms in total.